The Morgan fingerprint density at radius 1 is 0.621 bits per heavy atom. The lowest BCUT2D eigenvalue weighted by atomic mass is 10.1. The van der Waals surface area contributed by atoms with E-state index in [9.17, 15) is 14.4 Å². The zero-order chi connectivity index (χ0) is 20.8. The third-order valence-corrected chi connectivity index (χ3v) is 4.37. The molecule has 0 bridgehead atoms. The summed E-state index contributed by atoms with van der Waals surface area (Å²) in [6.07, 6.45) is 0. The number of rotatable bonds is 4. The van der Waals surface area contributed by atoms with Gasteiger partial charge in [0.15, 0.2) is 0 Å². The van der Waals surface area contributed by atoms with Crippen molar-refractivity contribution in [1.29, 1.82) is 0 Å². The molecule has 3 amide bonds. The summed E-state index contributed by atoms with van der Waals surface area (Å²) in [5.41, 5.74) is 7.54. The number of carbonyl (C=O) groups is 3. The predicted molar refractivity (Wildman–Crippen MR) is 112 cm³/mol. The molecule has 0 saturated carbocycles. The molecule has 0 aromatic heterocycles. The molecule has 3 N–H and O–H groups in total. The second-order valence-electron chi connectivity index (χ2n) is 6.31. The Morgan fingerprint density at radius 2 is 1.03 bits per heavy atom. The topological polar surface area (TPSA) is 87.3 Å². The van der Waals surface area contributed by atoms with E-state index in [-0.39, 0.29) is 5.91 Å². The Bertz CT molecular complexity index is 1030. The number of halogens is 1. The van der Waals surface area contributed by atoms with Gasteiger partial charge in [-0.25, -0.2) is 0 Å². The molecular weight excluding hydrogens is 390 g/mol. The highest BCUT2D eigenvalue weighted by molar-refractivity contribution is 6.30. The molecule has 0 radical (unpaired) electrons. The number of benzene rings is 3. The van der Waals surface area contributed by atoms with Crippen LogP contribution in [-0.2, 0) is 0 Å². The number of amides is 3. The van der Waals surface area contributed by atoms with Gasteiger partial charge in [0.25, 0.3) is 17.7 Å². The predicted octanol–water partition coefficient (Wildman–Crippen LogP) is 3.98. The van der Waals surface area contributed by atoms with Crippen LogP contribution in [0, 0.1) is 6.92 Å². The zero-order valence-corrected chi connectivity index (χ0v) is 16.3. The number of aryl methyl sites for hydroxylation is 1. The molecule has 0 saturated heterocycles. The lowest BCUT2D eigenvalue weighted by Gasteiger charge is -2.09. The van der Waals surface area contributed by atoms with Crippen LogP contribution >= 0.6 is 11.6 Å². The molecule has 7 heteroatoms. The molecule has 0 atom stereocenters. The molecule has 0 fully saturated rings. The van der Waals surface area contributed by atoms with Gasteiger partial charge in [0.05, 0.1) is 0 Å². The lowest BCUT2D eigenvalue weighted by Crippen LogP contribution is -2.41. The summed E-state index contributed by atoms with van der Waals surface area (Å²) >= 11 is 5.78. The highest BCUT2D eigenvalue weighted by Crippen LogP contribution is 2.12. The van der Waals surface area contributed by atoms with Crippen molar-refractivity contribution in [2.75, 3.05) is 5.32 Å². The quantitative estimate of drug-likeness (QED) is 0.572. The molecule has 0 aliphatic heterocycles. The van der Waals surface area contributed by atoms with E-state index < -0.39 is 11.8 Å². The van der Waals surface area contributed by atoms with Gasteiger partial charge in [-0.3, -0.25) is 25.2 Å². The number of nitrogens with one attached hydrogen (secondary N) is 3. The van der Waals surface area contributed by atoms with Crippen LogP contribution in [0.1, 0.15) is 36.6 Å². The molecular formula is C22H18ClN3O3. The Labute approximate surface area is 172 Å². The average Bonchev–Trinajstić information content (AvgIpc) is 2.73. The molecule has 0 aliphatic carbocycles. The minimum atomic E-state index is -0.483. The van der Waals surface area contributed by atoms with E-state index in [1.165, 1.54) is 0 Å². The Hall–Kier alpha value is -3.64. The molecule has 0 heterocycles. The van der Waals surface area contributed by atoms with Gasteiger partial charge >= 0.3 is 0 Å². The molecule has 3 aromatic carbocycles. The molecule has 3 rings (SSSR count). The molecule has 3 aromatic rings. The van der Waals surface area contributed by atoms with Gasteiger partial charge in [0.1, 0.15) is 0 Å². The molecule has 29 heavy (non-hydrogen) atoms. The van der Waals surface area contributed by atoms with Crippen molar-refractivity contribution in [3.63, 3.8) is 0 Å². The molecule has 6 nitrogen and oxygen atoms in total. The first-order valence-corrected chi connectivity index (χ1v) is 9.14. The van der Waals surface area contributed by atoms with Gasteiger partial charge in [0.2, 0.25) is 0 Å². The first-order chi connectivity index (χ1) is 13.9. The van der Waals surface area contributed by atoms with E-state index in [4.69, 9.17) is 11.6 Å². The summed E-state index contributed by atoms with van der Waals surface area (Å²) in [7, 11) is 0. The van der Waals surface area contributed by atoms with Crippen molar-refractivity contribution in [2.45, 2.75) is 6.92 Å². The molecule has 0 aliphatic rings. The maximum absolute atomic E-state index is 12.2. The Morgan fingerprint density at radius 3 is 1.55 bits per heavy atom. The number of hydrogen-bond donors (Lipinski definition) is 3. The smallest absolute Gasteiger partial charge is 0.269 e. The van der Waals surface area contributed by atoms with Crippen molar-refractivity contribution >= 4 is 35.0 Å². The van der Waals surface area contributed by atoms with Gasteiger partial charge in [-0.1, -0.05) is 29.3 Å². The van der Waals surface area contributed by atoms with Gasteiger partial charge in [-0.2, -0.15) is 0 Å². The van der Waals surface area contributed by atoms with Crippen LogP contribution in [0.15, 0.2) is 72.8 Å². The number of carbonyl (C=O) groups excluding carboxylic acids is 3. The normalized spacial score (nSPS) is 10.1. The van der Waals surface area contributed by atoms with E-state index in [2.05, 4.69) is 16.2 Å². The third kappa shape index (κ3) is 5.43. The van der Waals surface area contributed by atoms with Crippen molar-refractivity contribution < 1.29 is 14.4 Å². The summed E-state index contributed by atoms with van der Waals surface area (Å²) in [4.78, 5) is 36.4. The van der Waals surface area contributed by atoms with Crippen LogP contribution in [0.5, 0.6) is 0 Å². The van der Waals surface area contributed by atoms with Crippen LogP contribution in [-0.4, -0.2) is 17.7 Å². The lowest BCUT2D eigenvalue weighted by molar-refractivity contribution is 0.0846. The second kappa shape index (κ2) is 9.03. The van der Waals surface area contributed by atoms with Crippen molar-refractivity contribution in [1.82, 2.24) is 10.9 Å². The van der Waals surface area contributed by atoms with Gasteiger partial charge < -0.3 is 5.32 Å². The second-order valence-corrected chi connectivity index (χ2v) is 6.75. The SMILES string of the molecule is Cc1ccc(C(=O)Nc2ccc(C(=O)NNC(=O)c3ccc(Cl)cc3)cc2)cc1. The number of hydrogen-bond acceptors (Lipinski definition) is 3. The fourth-order valence-electron chi connectivity index (χ4n) is 2.47. The van der Waals surface area contributed by atoms with Gasteiger partial charge in [-0.15, -0.1) is 0 Å². The minimum Gasteiger partial charge on any atom is -0.322 e. The molecule has 146 valence electrons. The zero-order valence-electron chi connectivity index (χ0n) is 15.5. The maximum Gasteiger partial charge on any atom is 0.269 e. The number of hydrazine groups is 1. The van der Waals surface area contributed by atoms with Gasteiger partial charge in [0, 0.05) is 27.4 Å². The van der Waals surface area contributed by atoms with Crippen molar-refractivity contribution in [3.05, 3.63) is 100 Å². The van der Waals surface area contributed by atoms with E-state index in [0.717, 1.165) is 5.56 Å². The molecule has 0 unspecified atom stereocenters. The minimum absolute atomic E-state index is 0.238. The largest absolute Gasteiger partial charge is 0.322 e. The van der Waals surface area contributed by atoms with E-state index >= 15 is 0 Å². The standard InChI is InChI=1S/C22H18ClN3O3/c1-14-2-4-15(5-3-14)20(27)24-19-12-8-17(9-13-19)22(29)26-25-21(28)16-6-10-18(23)11-7-16/h2-13H,1H3,(H,24,27)(H,25,28)(H,26,29). The summed E-state index contributed by atoms with van der Waals surface area (Å²) in [5.74, 6) is -1.18. The van der Waals surface area contributed by atoms with Gasteiger partial charge in [-0.05, 0) is 67.6 Å². The Kier molecular flexibility index (Phi) is 6.26. The van der Waals surface area contributed by atoms with E-state index in [0.29, 0.717) is 27.4 Å². The highest BCUT2D eigenvalue weighted by atomic mass is 35.5. The highest BCUT2D eigenvalue weighted by Gasteiger charge is 2.10. The van der Waals surface area contributed by atoms with Crippen LogP contribution in [0.2, 0.25) is 5.02 Å². The van der Waals surface area contributed by atoms with Crippen molar-refractivity contribution in [2.24, 2.45) is 0 Å². The monoisotopic (exact) mass is 407 g/mol. The van der Waals surface area contributed by atoms with Crippen molar-refractivity contribution in [3.8, 4) is 0 Å². The first-order valence-electron chi connectivity index (χ1n) is 8.77. The Balaban J connectivity index is 1.55. The van der Waals surface area contributed by atoms with E-state index in [1.54, 1.807) is 60.7 Å². The fourth-order valence-corrected chi connectivity index (χ4v) is 2.60. The summed E-state index contributed by atoms with van der Waals surface area (Å²) in [5, 5.41) is 3.28. The summed E-state index contributed by atoms with van der Waals surface area (Å²) in [6.45, 7) is 1.95. The number of anilines is 1. The fraction of sp³-hybridized carbons (Fsp3) is 0.0455. The average molecular weight is 408 g/mol. The summed E-state index contributed by atoms with van der Waals surface area (Å²) < 4.78 is 0. The van der Waals surface area contributed by atoms with Crippen LogP contribution in [0.3, 0.4) is 0 Å². The summed E-state index contributed by atoms with van der Waals surface area (Å²) in [6, 6.07) is 19.8. The third-order valence-electron chi connectivity index (χ3n) is 4.11. The van der Waals surface area contributed by atoms with E-state index in [1.807, 2.05) is 19.1 Å². The van der Waals surface area contributed by atoms with Crippen LogP contribution in [0.4, 0.5) is 5.69 Å². The van der Waals surface area contributed by atoms with Crippen LogP contribution in [0.25, 0.3) is 0 Å². The first kappa shape index (κ1) is 20.1. The molecule has 0 spiro atoms. The van der Waals surface area contributed by atoms with Crippen LogP contribution < -0.4 is 16.2 Å². The maximum atomic E-state index is 12.2.